The average molecular weight is 416 g/mol. The minimum atomic E-state index is 0.633. The molecule has 1 aliphatic heterocycles. The van der Waals surface area contributed by atoms with Crippen LogP contribution in [0.3, 0.4) is 0 Å². The summed E-state index contributed by atoms with van der Waals surface area (Å²) >= 11 is 1.71. The molecule has 0 spiro atoms. The van der Waals surface area contributed by atoms with Crippen molar-refractivity contribution < 1.29 is 4.74 Å². The third-order valence-corrected chi connectivity index (χ3v) is 6.11. The van der Waals surface area contributed by atoms with Crippen molar-refractivity contribution in [3.05, 3.63) is 45.9 Å². The molecule has 2 N–H and O–H groups in total. The van der Waals surface area contributed by atoms with E-state index in [9.17, 15) is 0 Å². The Balaban J connectivity index is 1.41. The van der Waals surface area contributed by atoms with Crippen molar-refractivity contribution in [2.75, 3.05) is 33.3 Å². The molecule has 2 aromatic rings. The average Bonchev–Trinajstić information content (AvgIpc) is 3.17. The number of piperidine rings is 1. The summed E-state index contributed by atoms with van der Waals surface area (Å²) in [6.45, 7) is 9.95. The third-order valence-electron chi connectivity index (χ3n) is 5.22. The molecule has 158 valence electrons. The topological polar surface area (TPSA) is 61.8 Å². The van der Waals surface area contributed by atoms with Gasteiger partial charge in [0.15, 0.2) is 5.96 Å². The van der Waals surface area contributed by atoms with Crippen LogP contribution in [0.5, 0.6) is 5.75 Å². The number of hydrogen-bond donors (Lipinski definition) is 2. The molecule has 7 heteroatoms. The first-order chi connectivity index (χ1) is 14.2. The van der Waals surface area contributed by atoms with Crippen molar-refractivity contribution >= 4 is 17.3 Å². The molecule has 29 heavy (non-hydrogen) atoms. The van der Waals surface area contributed by atoms with Crippen LogP contribution in [-0.4, -0.2) is 49.1 Å². The molecule has 1 aromatic heterocycles. The molecule has 3 rings (SSSR count). The summed E-state index contributed by atoms with van der Waals surface area (Å²) in [5.41, 5.74) is 1.35. The van der Waals surface area contributed by atoms with Crippen molar-refractivity contribution in [2.24, 2.45) is 10.9 Å². The van der Waals surface area contributed by atoms with E-state index in [1.54, 1.807) is 18.4 Å². The van der Waals surface area contributed by atoms with Crippen molar-refractivity contribution in [3.8, 4) is 5.75 Å². The Morgan fingerprint density at radius 3 is 2.62 bits per heavy atom. The summed E-state index contributed by atoms with van der Waals surface area (Å²) in [7, 11) is 1.71. The number of rotatable bonds is 8. The lowest BCUT2D eigenvalue weighted by molar-refractivity contribution is 0.178. The first-order valence-electron chi connectivity index (χ1n) is 10.4. The van der Waals surface area contributed by atoms with E-state index in [0.717, 1.165) is 49.4 Å². The zero-order valence-corrected chi connectivity index (χ0v) is 18.6. The fourth-order valence-corrected chi connectivity index (χ4v) is 4.25. The molecule has 1 aromatic carbocycles. The van der Waals surface area contributed by atoms with Crippen LogP contribution >= 0.6 is 11.3 Å². The monoisotopic (exact) mass is 415 g/mol. The van der Waals surface area contributed by atoms with E-state index in [1.807, 2.05) is 18.3 Å². The Kier molecular flexibility index (Phi) is 8.31. The number of thiazole rings is 1. The lowest BCUT2D eigenvalue weighted by atomic mass is 9.96. The van der Waals surface area contributed by atoms with Gasteiger partial charge in [-0.1, -0.05) is 12.1 Å². The van der Waals surface area contributed by atoms with E-state index >= 15 is 0 Å². The summed E-state index contributed by atoms with van der Waals surface area (Å²) in [5.74, 6) is 2.50. The molecule has 1 fully saturated rings. The van der Waals surface area contributed by atoms with Gasteiger partial charge in [-0.05, 0) is 63.4 Å². The third kappa shape index (κ3) is 7.01. The van der Waals surface area contributed by atoms with Crippen molar-refractivity contribution in [1.82, 2.24) is 20.5 Å². The van der Waals surface area contributed by atoms with Crippen LogP contribution in [0.1, 0.15) is 35.2 Å². The van der Waals surface area contributed by atoms with Crippen LogP contribution in [0, 0.1) is 12.8 Å². The van der Waals surface area contributed by atoms with Crippen LogP contribution < -0.4 is 15.4 Å². The number of methoxy groups -OCH3 is 1. The van der Waals surface area contributed by atoms with Gasteiger partial charge in [-0.2, -0.15) is 0 Å². The van der Waals surface area contributed by atoms with E-state index < -0.39 is 0 Å². The van der Waals surface area contributed by atoms with Gasteiger partial charge in [-0.3, -0.25) is 4.90 Å². The number of aromatic nitrogens is 1. The SMILES string of the molecule is CCNC(=NCc1ncc(C)s1)NCC1CCN(Cc2ccc(OC)cc2)CC1. The molecule has 1 aliphatic rings. The molecule has 0 unspecified atom stereocenters. The maximum atomic E-state index is 5.24. The number of likely N-dealkylation sites (tertiary alicyclic amines) is 1. The summed E-state index contributed by atoms with van der Waals surface area (Å²) in [5, 5.41) is 7.93. The molecule has 0 aliphatic carbocycles. The first-order valence-corrected chi connectivity index (χ1v) is 11.3. The summed E-state index contributed by atoms with van der Waals surface area (Å²) in [4.78, 5) is 12.9. The summed E-state index contributed by atoms with van der Waals surface area (Å²) < 4.78 is 5.24. The molecule has 0 amide bonds. The number of benzene rings is 1. The predicted molar refractivity (Wildman–Crippen MR) is 121 cm³/mol. The van der Waals surface area contributed by atoms with Gasteiger partial charge in [0.1, 0.15) is 10.8 Å². The van der Waals surface area contributed by atoms with Gasteiger partial charge in [0.2, 0.25) is 0 Å². The fourth-order valence-electron chi connectivity index (χ4n) is 3.54. The van der Waals surface area contributed by atoms with Gasteiger partial charge >= 0.3 is 0 Å². The molecule has 2 heterocycles. The van der Waals surface area contributed by atoms with Gasteiger partial charge in [0, 0.05) is 30.7 Å². The van der Waals surface area contributed by atoms with Gasteiger partial charge < -0.3 is 15.4 Å². The second-order valence-electron chi connectivity index (χ2n) is 7.51. The highest BCUT2D eigenvalue weighted by Gasteiger charge is 2.19. The van der Waals surface area contributed by atoms with E-state index in [4.69, 9.17) is 4.74 Å². The van der Waals surface area contributed by atoms with E-state index in [1.165, 1.54) is 23.3 Å². The van der Waals surface area contributed by atoms with Gasteiger partial charge in [-0.15, -0.1) is 11.3 Å². The van der Waals surface area contributed by atoms with E-state index in [2.05, 4.69) is 51.5 Å². The van der Waals surface area contributed by atoms with Crippen LogP contribution in [0.2, 0.25) is 0 Å². The molecule has 1 saturated heterocycles. The molecular weight excluding hydrogens is 382 g/mol. The van der Waals surface area contributed by atoms with E-state index in [0.29, 0.717) is 12.5 Å². The van der Waals surface area contributed by atoms with Crippen molar-refractivity contribution in [3.63, 3.8) is 0 Å². The Morgan fingerprint density at radius 1 is 1.24 bits per heavy atom. The number of aliphatic imine (C=N–C) groups is 1. The summed E-state index contributed by atoms with van der Waals surface area (Å²) in [6, 6.07) is 8.41. The zero-order chi connectivity index (χ0) is 20.5. The highest BCUT2D eigenvalue weighted by atomic mass is 32.1. The lowest BCUT2D eigenvalue weighted by Gasteiger charge is -2.32. The van der Waals surface area contributed by atoms with Crippen LogP contribution in [0.25, 0.3) is 0 Å². The fraction of sp³-hybridized carbons (Fsp3) is 0.545. The zero-order valence-electron chi connectivity index (χ0n) is 17.8. The number of nitrogens with zero attached hydrogens (tertiary/aromatic N) is 3. The number of hydrogen-bond acceptors (Lipinski definition) is 5. The first kappa shape index (κ1) is 21.6. The van der Waals surface area contributed by atoms with E-state index in [-0.39, 0.29) is 0 Å². The highest BCUT2D eigenvalue weighted by Crippen LogP contribution is 2.20. The molecular formula is C22H33N5OS. The maximum Gasteiger partial charge on any atom is 0.191 e. The van der Waals surface area contributed by atoms with Crippen LogP contribution in [-0.2, 0) is 13.1 Å². The minimum Gasteiger partial charge on any atom is -0.497 e. The second-order valence-corrected chi connectivity index (χ2v) is 8.83. The summed E-state index contributed by atoms with van der Waals surface area (Å²) in [6.07, 6.45) is 4.35. The number of aryl methyl sites for hydroxylation is 1. The normalized spacial score (nSPS) is 16.0. The maximum absolute atomic E-state index is 5.24. The Morgan fingerprint density at radius 2 is 2.00 bits per heavy atom. The Labute approximate surface area is 178 Å². The standard InChI is InChI=1S/C22H33N5OS/c1-4-23-22(26-15-21-24-13-17(2)29-21)25-14-18-9-11-27(12-10-18)16-19-5-7-20(28-3)8-6-19/h5-8,13,18H,4,9-12,14-16H2,1-3H3,(H2,23,25,26). The number of ether oxygens (including phenoxy) is 1. The predicted octanol–water partition coefficient (Wildman–Crippen LogP) is 3.43. The largest absolute Gasteiger partial charge is 0.497 e. The second kappa shape index (κ2) is 11.2. The number of guanidine groups is 1. The van der Waals surface area contributed by atoms with Crippen LogP contribution in [0.15, 0.2) is 35.5 Å². The van der Waals surface area contributed by atoms with Crippen LogP contribution in [0.4, 0.5) is 0 Å². The minimum absolute atomic E-state index is 0.633. The van der Waals surface area contributed by atoms with Gasteiger partial charge in [0.05, 0.1) is 13.7 Å². The van der Waals surface area contributed by atoms with Crippen molar-refractivity contribution in [1.29, 1.82) is 0 Å². The molecule has 0 saturated carbocycles. The number of nitrogens with one attached hydrogen (secondary N) is 2. The highest BCUT2D eigenvalue weighted by molar-refractivity contribution is 7.11. The molecule has 0 atom stereocenters. The van der Waals surface area contributed by atoms with Gasteiger partial charge in [-0.25, -0.2) is 9.98 Å². The lowest BCUT2D eigenvalue weighted by Crippen LogP contribution is -2.42. The molecule has 6 nitrogen and oxygen atoms in total. The smallest absolute Gasteiger partial charge is 0.191 e. The van der Waals surface area contributed by atoms with Gasteiger partial charge in [0.25, 0.3) is 0 Å². The van der Waals surface area contributed by atoms with Crippen molar-refractivity contribution in [2.45, 2.75) is 39.8 Å². The Bertz CT molecular complexity index is 766. The molecule has 0 radical (unpaired) electrons. The Hall–Kier alpha value is -2.12. The molecule has 0 bridgehead atoms. The quantitative estimate of drug-likeness (QED) is 0.511.